The topological polar surface area (TPSA) is 61.7 Å². The van der Waals surface area contributed by atoms with E-state index in [0.29, 0.717) is 32.9 Å². The Labute approximate surface area is 177 Å². The van der Waals surface area contributed by atoms with Crippen molar-refractivity contribution in [3.63, 3.8) is 0 Å². The summed E-state index contributed by atoms with van der Waals surface area (Å²) < 4.78 is 0.588. The number of hydrogen-bond donors (Lipinski definition) is 2. The zero-order valence-electron chi connectivity index (χ0n) is 15.1. The standard InChI is InChI=1S/C22H18BrClN2O2/c1-14(27)26-19-7-4-6-18(12-19)25-13-17-10-15(11-20(23)22(17)28)9-16-5-2-3-8-21(16)24/h2-8,10-13,28H,9H2,1H3,(H,26,27). The highest BCUT2D eigenvalue weighted by Gasteiger charge is 2.09. The maximum absolute atomic E-state index is 11.2. The lowest BCUT2D eigenvalue weighted by Crippen LogP contribution is -2.05. The van der Waals surface area contributed by atoms with Crippen LogP contribution in [0.1, 0.15) is 23.6 Å². The minimum absolute atomic E-state index is 0.115. The van der Waals surface area contributed by atoms with Crippen molar-refractivity contribution in [1.82, 2.24) is 0 Å². The van der Waals surface area contributed by atoms with Gasteiger partial charge in [0, 0.05) is 29.4 Å². The van der Waals surface area contributed by atoms with Gasteiger partial charge in [0.15, 0.2) is 0 Å². The van der Waals surface area contributed by atoms with Crippen molar-refractivity contribution < 1.29 is 9.90 Å². The minimum Gasteiger partial charge on any atom is -0.506 e. The number of anilines is 1. The van der Waals surface area contributed by atoms with E-state index in [2.05, 4.69) is 26.2 Å². The molecule has 1 amide bonds. The fourth-order valence-electron chi connectivity index (χ4n) is 2.75. The van der Waals surface area contributed by atoms with Crippen LogP contribution >= 0.6 is 27.5 Å². The quantitative estimate of drug-likeness (QED) is 0.454. The minimum atomic E-state index is -0.144. The van der Waals surface area contributed by atoms with E-state index in [-0.39, 0.29) is 11.7 Å². The Morgan fingerprint density at radius 1 is 1.18 bits per heavy atom. The first-order chi connectivity index (χ1) is 13.4. The van der Waals surface area contributed by atoms with Crippen LogP contribution in [-0.4, -0.2) is 17.2 Å². The normalized spacial score (nSPS) is 11.0. The van der Waals surface area contributed by atoms with Gasteiger partial charge in [0.05, 0.1) is 10.2 Å². The number of phenols is 1. The zero-order valence-corrected chi connectivity index (χ0v) is 17.5. The van der Waals surface area contributed by atoms with Crippen molar-refractivity contribution in [3.8, 4) is 5.75 Å². The van der Waals surface area contributed by atoms with E-state index in [1.807, 2.05) is 48.5 Å². The lowest BCUT2D eigenvalue weighted by molar-refractivity contribution is -0.114. The molecule has 2 N–H and O–H groups in total. The molecule has 0 bridgehead atoms. The Hall–Kier alpha value is -2.63. The molecule has 0 heterocycles. The molecule has 3 rings (SSSR count). The molecular formula is C22H18BrClN2O2. The van der Waals surface area contributed by atoms with Gasteiger partial charge < -0.3 is 10.4 Å². The number of hydrogen-bond acceptors (Lipinski definition) is 3. The fraction of sp³-hybridized carbons (Fsp3) is 0.0909. The lowest BCUT2D eigenvalue weighted by Gasteiger charge is -2.09. The molecular weight excluding hydrogens is 440 g/mol. The van der Waals surface area contributed by atoms with Gasteiger partial charge in [0.25, 0.3) is 0 Å². The maximum atomic E-state index is 11.2. The second-order valence-electron chi connectivity index (χ2n) is 6.27. The average Bonchev–Trinajstić information content (AvgIpc) is 2.65. The third-order valence-electron chi connectivity index (χ3n) is 4.02. The van der Waals surface area contributed by atoms with Crippen LogP contribution in [0.4, 0.5) is 11.4 Å². The molecule has 0 aromatic heterocycles. The molecule has 0 atom stereocenters. The Morgan fingerprint density at radius 2 is 1.96 bits per heavy atom. The van der Waals surface area contributed by atoms with E-state index in [4.69, 9.17) is 11.6 Å². The number of nitrogens with zero attached hydrogens (tertiary/aromatic N) is 1. The summed E-state index contributed by atoms with van der Waals surface area (Å²) in [5, 5.41) is 13.8. The first kappa shape index (κ1) is 20.1. The molecule has 0 fully saturated rings. The molecule has 0 radical (unpaired) electrons. The fourth-order valence-corrected chi connectivity index (χ4v) is 3.48. The van der Waals surface area contributed by atoms with Gasteiger partial charge in [-0.05, 0) is 69.9 Å². The third-order valence-corrected chi connectivity index (χ3v) is 5.00. The maximum Gasteiger partial charge on any atom is 0.221 e. The van der Waals surface area contributed by atoms with E-state index >= 15 is 0 Å². The molecule has 0 unspecified atom stereocenters. The number of amides is 1. The van der Waals surface area contributed by atoms with Gasteiger partial charge in [-0.2, -0.15) is 0 Å². The predicted octanol–water partition coefficient (Wildman–Crippen LogP) is 6.11. The second-order valence-corrected chi connectivity index (χ2v) is 7.53. The number of benzene rings is 3. The number of phenolic OH excluding ortho intramolecular Hbond substituents is 1. The molecule has 0 aliphatic carbocycles. The van der Waals surface area contributed by atoms with Crippen LogP contribution in [0.15, 0.2) is 70.1 Å². The smallest absolute Gasteiger partial charge is 0.221 e. The highest BCUT2D eigenvalue weighted by atomic mass is 79.9. The van der Waals surface area contributed by atoms with Crippen LogP contribution in [0.5, 0.6) is 5.75 Å². The number of halogens is 2. The van der Waals surface area contributed by atoms with Crippen molar-refractivity contribution >= 4 is 51.0 Å². The lowest BCUT2D eigenvalue weighted by atomic mass is 10.0. The van der Waals surface area contributed by atoms with Crippen LogP contribution in [0.2, 0.25) is 5.02 Å². The van der Waals surface area contributed by atoms with E-state index in [1.165, 1.54) is 6.92 Å². The molecule has 3 aromatic carbocycles. The zero-order chi connectivity index (χ0) is 20.1. The molecule has 0 spiro atoms. The van der Waals surface area contributed by atoms with Gasteiger partial charge in [0.2, 0.25) is 5.91 Å². The van der Waals surface area contributed by atoms with Crippen LogP contribution in [0, 0.1) is 0 Å². The number of rotatable bonds is 5. The van der Waals surface area contributed by atoms with E-state index < -0.39 is 0 Å². The van der Waals surface area contributed by atoms with Gasteiger partial charge in [-0.1, -0.05) is 35.9 Å². The predicted molar refractivity (Wildman–Crippen MR) is 118 cm³/mol. The summed E-state index contributed by atoms with van der Waals surface area (Å²) in [6.45, 7) is 1.45. The summed E-state index contributed by atoms with van der Waals surface area (Å²) >= 11 is 9.66. The van der Waals surface area contributed by atoms with Gasteiger partial charge >= 0.3 is 0 Å². The van der Waals surface area contributed by atoms with Crippen LogP contribution in [-0.2, 0) is 11.2 Å². The molecule has 0 aliphatic heterocycles. The molecule has 142 valence electrons. The van der Waals surface area contributed by atoms with Crippen LogP contribution in [0.3, 0.4) is 0 Å². The Morgan fingerprint density at radius 3 is 2.71 bits per heavy atom. The summed E-state index contributed by atoms with van der Waals surface area (Å²) in [6, 6.07) is 18.6. The first-order valence-corrected chi connectivity index (χ1v) is 9.76. The monoisotopic (exact) mass is 456 g/mol. The molecule has 4 nitrogen and oxygen atoms in total. The van der Waals surface area contributed by atoms with Gasteiger partial charge in [-0.3, -0.25) is 9.79 Å². The largest absolute Gasteiger partial charge is 0.506 e. The molecule has 0 aliphatic rings. The number of aliphatic imine (C=N–C) groups is 1. The molecule has 28 heavy (non-hydrogen) atoms. The van der Waals surface area contributed by atoms with Gasteiger partial charge in [-0.15, -0.1) is 0 Å². The molecule has 0 saturated carbocycles. The Bertz CT molecular complexity index is 1050. The summed E-state index contributed by atoms with van der Waals surface area (Å²) in [7, 11) is 0. The summed E-state index contributed by atoms with van der Waals surface area (Å²) in [4.78, 5) is 15.6. The van der Waals surface area contributed by atoms with Crippen molar-refractivity contribution in [2.24, 2.45) is 4.99 Å². The molecule has 6 heteroatoms. The van der Waals surface area contributed by atoms with E-state index in [9.17, 15) is 9.90 Å². The summed E-state index contributed by atoms with van der Waals surface area (Å²) in [5.41, 5.74) is 3.92. The Balaban J connectivity index is 1.87. The SMILES string of the molecule is CC(=O)Nc1cccc(N=Cc2cc(Cc3ccccc3Cl)cc(Br)c2O)c1. The van der Waals surface area contributed by atoms with Crippen molar-refractivity contribution in [2.75, 3.05) is 5.32 Å². The van der Waals surface area contributed by atoms with Gasteiger partial charge in [0.1, 0.15) is 5.75 Å². The van der Waals surface area contributed by atoms with E-state index in [1.54, 1.807) is 18.3 Å². The third kappa shape index (κ3) is 5.21. The average molecular weight is 458 g/mol. The summed E-state index contributed by atoms with van der Waals surface area (Å²) in [5.74, 6) is -0.0281. The van der Waals surface area contributed by atoms with Crippen molar-refractivity contribution in [1.29, 1.82) is 0 Å². The van der Waals surface area contributed by atoms with Crippen LogP contribution < -0.4 is 5.32 Å². The molecule has 3 aromatic rings. The number of nitrogens with one attached hydrogen (secondary N) is 1. The highest BCUT2D eigenvalue weighted by Crippen LogP contribution is 2.31. The summed E-state index contributed by atoms with van der Waals surface area (Å²) in [6.07, 6.45) is 2.24. The highest BCUT2D eigenvalue weighted by molar-refractivity contribution is 9.10. The number of carbonyl (C=O) groups excluding carboxylic acids is 1. The van der Waals surface area contributed by atoms with Crippen LogP contribution in [0.25, 0.3) is 0 Å². The van der Waals surface area contributed by atoms with Crippen molar-refractivity contribution in [3.05, 3.63) is 86.8 Å². The van der Waals surface area contributed by atoms with Crippen molar-refractivity contribution in [2.45, 2.75) is 13.3 Å². The first-order valence-electron chi connectivity index (χ1n) is 8.59. The second kappa shape index (κ2) is 9.04. The number of carbonyl (C=O) groups is 1. The van der Waals surface area contributed by atoms with Gasteiger partial charge in [-0.25, -0.2) is 0 Å². The number of aromatic hydroxyl groups is 1. The molecule has 0 saturated heterocycles. The van der Waals surface area contributed by atoms with E-state index in [0.717, 1.165) is 11.1 Å². The Kier molecular flexibility index (Phi) is 6.49.